The summed E-state index contributed by atoms with van der Waals surface area (Å²) in [6.45, 7) is 6.53. The first-order valence-electron chi connectivity index (χ1n) is 6.31. The van der Waals surface area contributed by atoms with Gasteiger partial charge in [0.1, 0.15) is 0 Å². The normalized spacial score (nSPS) is 19.8. The lowest BCUT2D eigenvalue weighted by Crippen LogP contribution is -2.50. The van der Waals surface area contributed by atoms with Crippen molar-refractivity contribution in [1.82, 2.24) is 9.80 Å². The van der Waals surface area contributed by atoms with Gasteiger partial charge < -0.3 is 10.6 Å². The quantitative estimate of drug-likeness (QED) is 0.716. The third kappa shape index (κ3) is 4.72. The molecule has 0 radical (unpaired) electrons. The number of primary amides is 1. The molecule has 1 aliphatic heterocycles. The van der Waals surface area contributed by atoms with Crippen LogP contribution in [0.25, 0.3) is 0 Å². The van der Waals surface area contributed by atoms with E-state index in [1.165, 1.54) is 0 Å². The van der Waals surface area contributed by atoms with Crippen molar-refractivity contribution in [3.05, 3.63) is 0 Å². The zero-order valence-electron chi connectivity index (χ0n) is 10.6. The summed E-state index contributed by atoms with van der Waals surface area (Å²) in [7, 11) is 0. The summed E-state index contributed by atoms with van der Waals surface area (Å²) < 4.78 is 0. The van der Waals surface area contributed by atoms with Crippen LogP contribution in [0.5, 0.6) is 0 Å². The van der Waals surface area contributed by atoms with Gasteiger partial charge in [-0.15, -0.1) is 0 Å². The lowest BCUT2D eigenvalue weighted by atomic mass is 10.1. The van der Waals surface area contributed by atoms with E-state index >= 15 is 0 Å². The molecule has 0 aromatic rings. The van der Waals surface area contributed by atoms with Gasteiger partial charge in [0.25, 0.3) is 0 Å². The van der Waals surface area contributed by atoms with E-state index < -0.39 is 0 Å². The molecule has 1 atom stereocenters. The van der Waals surface area contributed by atoms with Gasteiger partial charge in [-0.3, -0.25) is 9.69 Å². The summed E-state index contributed by atoms with van der Waals surface area (Å²) in [5.41, 5.74) is 5.13. The van der Waals surface area contributed by atoms with Gasteiger partial charge in [-0.1, -0.05) is 13.3 Å². The molecule has 96 valence electrons. The molecule has 1 amide bonds. The minimum Gasteiger partial charge on any atom is -0.370 e. The maximum absolute atomic E-state index is 10.7. The molecule has 1 fully saturated rings. The average molecular weight is 238 g/mol. The average Bonchev–Trinajstić information content (AvgIpc) is 2.34. The van der Waals surface area contributed by atoms with Crippen LogP contribution in [0.3, 0.4) is 0 Å². The molecule has 0 aromatic carbocycles. The van der Waals surface area contributed by atoms with Crippen molar-refractivity contribution >= 4 is 5.91 Å². The number of piperazine rings is 1. The molecule has 1 heterocycles. The number of carbonyl (C=O) groups is 1. The number of nitriles is 1. The van der Waals surface area contributed by atoms with E-state index in [0.717, 1.165) is 45.6 Å². The Labute approximate surface area is 103 Å². The summed E-state index contributed by atoms with van der Waals surface area (Å²) in [5, 5.41) is 9.08. The first-order chi connectivity index (χ1) is 8.17. The molecule has 1 unspecified atom stereocenters. The van der Waals surface area contributed by atoms with Crippen molar-refractivity contribution < 1.29 is 4.79 Å². The third-order valence-electron chi connectivity index (χ3n) is 3.23. The van der Waals surface area contributed by atoms with E-state index in [4.69, 9.17) is 11.0 Å². The van der Waals surface area contributed by atoms with E-state index in [-0.39, 0.29) is 11.9 Å². The number of nitrogens with zero attached hydrogens (tertiary/aromatic N) is 3. The van der Waals surface area contributed by atoms with Crippen molar-refractivity contribution in [2.75, 3.05) is 32.7 Å². The summed E-state index contributed by atoms with van der Waals surface area (Å²) in [6, 6.07) is 2.43. The molecule has 17 heavy (non-hydrogen) atoms. The van der Waals surface area contributed by atoms with Crippen LogP contribution in [0.15, 0.2) is 0 Å². The Morgan fingerprint density at radius 1 is 1.41 bits per heavy atom. The van der Waals surface area contributed by atoms with Crippen LogP contribution in [0, 0.1) is 11.3 Å². The Kier molecular flexibility index (Phi) is 5.95. The predicted molar refractivity (Wildman–Crippen MR) is 66.1 cm³/mol. The van der Waals surface area contributed by atoms with Gasteiger partial charge in [-0.2, -0.15) is 5.26 Å². The van der Waals surface area contributed by atoms with Crippen LogP contribution in [0.1, 0.15) is 26.2 Å². The van der Waals surface area contributed by atoms with Crippen LogP contribution in [0.4, 0.5) is 0 Å². The van der Waals surface area contributed by atoms with Crippen molar-refractivity contribution in [3.8, 4) is 6.07 Å². The van der Waals surface area contributed by atoms with Crippen LogP contribution in [-0.2, 0) is 4.79 Å². The molecule has 1 saturated heterocycles. The van der Waals surface area contributed by atoms with Gasteiger partial charge in [0.15, 0.2) is 0 Å². The highest BCUT2D eigenvalue weighted by Crippen LogP contribution is 2.10. The van der Waals surface area contributed by atoms with Crippen LogP contribution < -0.4 is 5.73 Å². The van der Waals surface area contributed by atoms with Crippen molar-refractivity contribution in [3.63, 3.8) is 0 Å². The van der Waals surface area contributed by atoms with E-state index in [1.807, 2.05) is 0 Å². The highest BCUT2D eigenvalue weighted by molar-refractivity contribution is 5.73. The standard InChI is InChI=1S/C12H22N4O/c1-2-3-11(10-13)16-8-6-15(7-9-16)5-4-12(14)17/h11H,2-9H2,1H3,(H2,14,17). The lowest BCUT2D eigenvalue weighted by molar-refractivity contribution is -0.118. The van der Waals surface area contributed by atoms with Crippen LogP contribution in [0.2, 0.25) is 0 Å². The van der Waals surface area contributed by atoms with Gasteiger partial charge in [0.2, 0.25) is 5.91 Å². The number of rotatable bonds is 6. The van der Waals surface area contributed by atoms with Crippen molar-refractivity contribution in [2.45, 2.75) is 32.2 Å². The molecule has 5 heteroatoms. The fourth-order valence-electron chi connectivity index (χ4n) is 2.17. The van der Waals surface area contributed by atoms with Gasteiger partial charge in [-0.25, -0.2) is 0 Å². The van der Waals surface area contributed by atoms with E-state index in [1.54, 1.807) is 0 Å². The van der Waals surface area contributed by atoms with Crippen molar-refractivity contribution in [1.29, 1.82) is 5.26 Å². The number of hydrogen-bond acceptors (Lipinski definition) is 4. The molecular weight excluding hydrogens is 216 g/mol. The first kappa shape index (κ1) is 13.9. The molecule has 0 aromatic heterocycles. The maximum atomic E-state index is 10.7. The Morgan fingerprint density at radius 2 is 2.06 bits per heavy atom. The Bertz CT molecular complexity index is 279. The molecule has 0 bridgehead atoms. The highest BCUT2D eigenvalue weighted by atomic mass is 16.1. The van der Waals surface area contributed by atoms with Crippen LogP contribution >= 0.6 is 0 Å². The van der Waals surface area contributed by atoms with Gasteiger partial charge >= 0.3 is 0 Å². The second-order valence-electron chi connectivity index (χ2n) is 4.53. The molecule has 0 saturated carbocycles. The number of nitrogens with two attached hydrogens (primary N) is 1. The molecule has 5 nitrogen and oxygen atoms in total. The number of carbonyl (C=O) groups excluding carboxylic acids is 1. The Hall–Kier alpha value is -1.12. The molecular formula is C12H22N4O. The predicted octanol–water partition coefficient (Wildman–Crippen LogP) is 0.172. The molecule has 0 spiro atoms. The van der Waals surface area contributed by atoms with Gasteiger partial charge in [0.05, 0.1) is 12.1 Å². The summed E-state index contributed by atoms with van der Waals surface area (Å²) >= 11 is 0. The zero-order valence-corrected chi connectivity index (χ0v) is 10.6. The second kappa shape index (κ2) is 7.25. The van der Waals surface area contributed by atoms with Crippen molar-refractivity contribution in [2.24, 2.45) is 5.73 Å². The third-order valence-corrected chi connectivity index (χ3v) is 3.23. The molecule has 1 rings (SSSR count). The Morgan fingerprint density at radius 3 is 2.53 bits per heavy atom. The minimum absolute atomic E-state index is 0.0540. The van der Waals surface area contributed by atoms with Crippen LogP contribution in [-0.4, -0.2) is 54.5 Å². The zero-order chi connectivity index (χ0) is 12.7. The smallest absolute Gasteiger partial charge is 0.218 e. The summed E-state index contributed by atoms with van der Waals surface area (Å²) in [4.78, 5) is 15.2. The van der Waals surface area contributed by atoms with Gasteiger partial charge in [-0.05, 0) is 6.42 Å². The largest absolute Gasteiger partial charge is 0.370 e. The molecule has 0 aliphatic carbocycles. The molecule has 1 aliphatic rings. The number of hydrogen-bond donors (Lipinski definition) is 1. The fraction of sp³-hybridized carbons (Fsp3) is 0.833. The van der Waals surface area contributed by atoms with E-state index in [9.17, 15) is 4.79 Å². The first-order valence-corrected chi connectivity index (χ1v) is 6.31. The number of amides is 1. The monoisotopic (exact) mass is 238 g/mol. The molecule has 2 N–H and O–H groups in total. The van der Waals surface area contributed by atoms with E-state index in [2.05, 4.69) is 22.8 Å². The maximum Gasteiger partial charge on any atom is 0.218 e. The topological polar surface area (TPSA) is 73.4 Å². The summed E-state index contributed by atoms with van der Waals surface area (Å²) in [5.74, 6) is -0.242. The SMILES string of the molecule is CCCC(C#N)N1CCN(CCC(N)=O)CC1. The van der Waals surface area contributed by atoms with Gasteiger partial charge in [0, 0.05) is 39.1 Å². The summed E-state index contributed by atoms with van der Waals surface area (Å²) in [6.07, 6.45) is 2.41. The lowest BCUT2D eigenvalue weighted by Gasteiger charge is -2.36. The minimum atomic E-state index is -0.242. The Balaban J connectivity index is 2.29. The van der Waals surface area contributed by atoms with E-state index in [0.29, 0.717) is 6.42 Å². The second-order valence-corrected chi connectivity index (χ2v) is 4.53. The highest BCUT2D eigenvalue weighted by Gasteiger charge is 2.22. The fourth-order valence-corrected chi connectivity index (χ4v) is 2.17.